The quantitative estimate of drug-likeness (QED) is 0.776. The van der Waals surface area contributed by atoms with Crippen LogP contribution in [0, 0.1) is 5.92 Å². The Kier molecular flexibility index (Phi) is 4.23. The van der Waals surface area contributed by atoms with Gasteiger partial charge in [0.2, 0.25) is 0 Å². The van der Waals surface area contributed by atoms with Crippen LogP contribution >= 0.6 is 24.2 Å². The molecule has 0 bridgehead atoms. The van der Waals surface area contributed by atoms with Crippen LogP contribution in [0.1, 0.15) is 37.0 Å². The second kappa shape index (κ2) is 5.54. The highest BCUT2D eigenvalue weighted by atomic mass is 35.5. The number of rotatable bonds is 1. The van der Waals surface area contributed by atoms with E-state index in [4.69, 9.17) is 11.6 Å². The predicted octanol–water partition coefficient (Wildman–Crippen LogP) is 3.89. The molecule has 0 aliphatic carbocycles. The minimum Gasteiger partial charge on any atom is -0.336 e. The average Bonchev–Trinajstić information content (AvgIpc) is 2.35. The predicted molar refractivity (Wildman–Crippen MR) is 77.6 cm³/mol. The molecule has 98 valence electrons. The average molecular weight is 284 g/mol. The van der Waals surface area contributed by atoms with E-state index in [1.54, 1.807) is 18.2 Å². The van der Waals surface area contributed by atoms with Crippen molar-refractivity contribution in [2.45, 2.75) is 37.6 Å². The van der Waals surface area contributed by atoms with E-state index in [0.29, 0.717) is 16.5 Å². The van der Waals surface area contributed by atoms with Crippen molar-refractivity contribution >= 4 is 30.1 Å². The van der Waals surface area contributed by atoms with Crippen LogP contribution in [0.5, 0.6) is 0 Å². The first-order chi connectivity index (χ1) is 8.50. The molecule has 0 N–H and O–H groups in total. The molecular formula is C14H18ClNOS. The summed E-state index contributed by atoms with van der Waals surface area (Å²) in [5.74, 6) is 0.565. The van der Waals surface area contributed by atoms with Gasteiger partial charge in [0, 0.05) is 17.5 Å². The molecule has 4 heteroatoms. The van der Waals surface area contributed by atoms with Crippen LogP contribution in [0.3, 0.4) is 0 Å². The number of likely N-dealkylation sites (tertiary alicyclic amines) is 1. The lowest BCUT2D eigenvalue weighted by molar-refractivity contribution is 0.0551. The van der Waals surface area contributed by atoms with Crippen molar-refractivity contribution in [1.82, 2.24) is 4.90 Å². The van der Waals surface area contributed by atoms with Crippen molar-refractivity contribution in [3.8, 4) is 0 Å². The highest BCUT2D eigenvalue weighted by Gasteiger charge is 2.29. The summed E-state index contributed by atoms with van der Waals surface area (Å²) in [5.41, 5.74) is 0.560. The lowest BCUT2D eigenvalue weighted by Gasteiger charge is -2.38. The molecule has 1 aliphatic heterocycles. The van der Waals surface area contributed by atoms with Crippen LogP contribution in [0.2, 0.25) is 5.02 Å². The minimum absolute atomic E-state index is 0.0231. The number of hydrogen-bond donors (Lipinski definition) is 1. The highest BCUT2D eigenvalue weighted by Crippen LogP contribution is 2.27. The first kappa shape index (κ1) is 13.8. The molecule has 2 unspecified atom stereocenters. The summed E-state index contributed by atoms with van der Waals surface area (Å²) in [4.78, 5) is 15.2. The third-order valence-corrected chi connectivity index (χ3v) is 4.42. The summed E-state index contributed by atoms with van der Waals surface area (Å²) in [5, 5.41) is 0.503. The van der Waals surface area contributed by atoms with Gasteiger partial charge in [-0.1, -0.05) is 18.5 Å². The third-order valence-electron chi connectivity index (χ3n) is 3.81. The van der Waals surface area contributed by atoms with Crippen molar-refractivity contribution in [1.29, 1.82) is 0 Å². The summed E-state index contributed by atoms with van der Waals surface area (Å²) in [6.07, 6.45) is 2.25. The van der Waals surface area contributed by atoms with Gasteiger partial charge in [0.15, 0.2) is 0 Å². The minimum atomic E-state index is 0.0231. The number of amides is 1. The number of piperidine rings is 1. The summed E-state index contributed by atoms with van der Waals surface area (Å²) in [6.45, 7) is 5.12. The lowest BCUT2D eigenvalue weighted by Crippen LogP contribution is -2.46. The maximum atomic E-state index is 12.5. The summed E-state index contributed by atoms with van der Waals surface area (Å²) < 4.78 is 0. The van der Waals surface area contributed by atoms with Crippen molar-refractivity contribution in [2.24, 2.45) is 5.92 Å². The van der Waals surface area contributed by atoms with E-state index < -0.39 is 0 Å². The Morgan fingerprint density at radius 2 is 2.17 bits per heavy atom. The fraction of sp³-hybridized carbons (Fsp3) is 0.500. The van der Waals surface area contributed by atoms with Crippen molar-refractivity contribution in [3.63, 3.8) is 0 Å². The molecule has 0 spiro atoms. The van der Waals surface area contributed by atoms with Crippen molar-refractivity contribution in [2.75, 3.05) is 6.54 Å². The van der Waals surface area contributed by atoms with Gasteiger partial charge in [0.1, 0.15) is 0 Å². The largest absolute Gasteiger partial charge is 0.336 e. The number of carbonyl (C=O) groups excluding carboxylic acids is 1. The van der Waals surface area contributed by atoms with Gasteiger partial charge < -0.3 is 4.90 Å². The number of thiol groups is 1. The SMILES string of the molecule is CC1CCCN(C(=O)c2cc(S)ccc2Cl)C1C. The Hall–Kier alpha value is -0.670. The summed E-state index contributed by atoms with van der Waals surface area (Å²) >= 11 is 10.4. The van der Waals surface area contributed by atoms with Crippen LogP contribution in [0.4, 0.5) is 0 Å². The Balaban J connectivity index is 2.27. The lowest BCUT2D eigenvalue weighted by atomic mass is 9.91. The van der Waals surface area contributed by atoms with Crippen LogP contribution in [-0.4, -0.2) is 23.4 Å². The van der Waals surface area contributed by atoms with E-state index in [-0.39, 0.29) is 11.9 Å². The monoisotopic (exact) mass is 283 g/mol. The normalized spacial score (nSPS) is 24.1. The molecule has 2 atom stereocenters. The molecular weight excluding hydrogens is 266 g/mol. The van der Waals surface area contributed by atoms with E-state index in [1.165, 1.54) is 6.42 Å². The molecule has 1 aromatic rings. The maximum absolute atomic E-state index is 12.5. The highest BCUT2D eigenvalue weighted by molar-refractivity contribution is 7.80. The Labute approximate surface area is 119 Å². The van der Waals surface area contributed by atoms with Gasteiger partial charge in [-0.25, -0.2) is 0 Å². The van der Waals surface area contributed by atoms with Crippen LogP contribution in [-0.2, 0) is 0 Å². The van der Waals surface area contributed by atoms with E-state index in [0.717, 1.165) is 17.9 Å². The van der Waals surface area contributed by atoms with E-state index >= 15 is 0 Å². The first-order valence-corrected chi connectivity index (χ1v) is 7.12. The van der Waals surface area contributed by atoms with E-state index in [9.17, 15) is 4.79 Å². The van der Waals surface area contributed by atoms with Gasteiger partial charge in [0.05, 0.1) is 10.6 Å². The smallest absolute Gasteiger partial charge is 0.255 e. The summed E-state index contributed by atoms with van der Waals surface area (Å²) in [7, 11) is 0. The third kappa shape index (κ3) is 2.67. The number of benzene rings is 1. The number of carbonyl (C=O) groups is 1. The van der Waals surface area contributed by atoms with E-state index in [2.05, 4.69) is 26.5 Å². The molecule has 0 radical (unpaired) electrons. The van der Waals surface area contributed by atoms with E-state index in [1.807, 2.05) is 4.90 Å². The van der Waals surface area contributed by atoms with Gasteiger partial charge in [-0.05, 0) is 43.9 Å². The Bertz CT molecular complexity index is 463. The van der Waals surface area contributed by atoms with Gasteiger partial charge >= 0.3 is 0 Å². The molecule has 1 aromatic carbocycles. The molecule has 1 saturated heterocycles. The molecule has 0 aromatic heterocycles. The number of nitrogens with zero attached hydrogens (tertiary/aromatic N) is 1. The number of halogens is 1. The molecule has 2 rings (SSSR count). The zero-order chi connectivity index (χ0) is 13.3. The standard InChI is InChI=1S/C14H18ClNOS/c1-9-4-3-7-16(10(9)2)14(17)12-8-11(18)5-6-13(12)15/h5-6,8-10,18H,3-4,7H2,1-2H3. The van der Waals surface area contributed by atoms with Crippen molar-refractivity contribution < 1.29 is 4.79 Å². The fourth-order valence-corrected chi connectivity index (χ4v) is 2.86. The van der Waals surface area contributed by atoms with Gasteiger partial charge in [-0.2, -0.15) is 0 Å². The van der Waals surface area contributed by atoms with Gasteiger partial charge in [0.25, 0.3) is 5.91 Å². The van der Waals surface area contributed by atoms with Crippen LogP contribution in [0.25, 0.3) is 0 Å². The number of hydrogen-bond acceptors (Lipinski definition) is 2. The molecule has 1 fully saturated rings. The van der Waals surface area contributed by atoms with Gasteiger partial charge in [-0.15, -0.1) is 12.6 Å². The van der Waals surface area contributed by atoms with Crippen LogP contribution in [0.15, 0.2) is 23.1 Å². The molecule has 1 aliphatic rings. The molecule has 0 saturated carbocycles. The Morgan fingerprint density at radius 3 is 2.89 bits per heavy atom. The topological polar surface area (TPSA) is 20.3 Å². The van der Waals surface area contributed by atoms with Crippen LogP contribution < -0.4 is 0 Å². The maximum Gasteiger partial charge on any atom is 0.255 e. The summed E-state index contributed by atoms with van der Waals surface area (Å²) in [6, 6.07) is 5.55. The van der Waals surface area contributed by atoms with Crippen molar-refractivity contribution in [3.05, 3.63) is 28.8 Å². The zero-order valence-corrected chi connectivity index (χ0v) is 12.3. The molecule has 1 amide bonds. The molecule has 2 nitrogen and oxygen atoms in total. The fourth-order valence-electron chi connectivity index (χ4n) is 2.45. The molecule has 1 heterocycles. The molecule has 18 heavy (non-hydrogen) atoms. The zero-order valence-electron chi connectivity index (χ0n) is 10.7. The second-order valence-corrected chi connectivity index (χ2v) is 5.95. The first-order valence-electron chi connectivity index (χ1n) is 6.30. The van der Waals surface area contributed by atoms with Gasteiger partial charge in [-0.3, -0.25) is 4.79 Å². The Morgan fingerprint density at radius 1 is 1.44 bits per heavy atom. The second-order valence-electron chi connectivity index (χ2n) is 5.02.